The highest BCUT2D eigenvalue weighted by atomic mass is 32.2. The van der Waals surface area contributed by atoms with Gasteiger partial charge in [0.2, 0.25) is 0 Å². The zero-order valence-corrected chi connectivity index (χ0v) is 13.5. The lowest BCUT2D eigenvalue weighted by Gasteiger charge is -2.40. The van der Waals surface area contributed by atoms with Crippen LogP contribution in [-0.2, 0) is 6.54 Å². The maximum atomic E-state index is 12.0. The summed E-state index contributed by atoms with van der Waals surface area (Å²) in [5, 5.41) is 3.17. The van der Waals surface area contributed by atoms with Crippen molar-refractivity contribution in [3.05, 3.63) is 20.8 Å². The van der Waals surface area contributed by atoms with E-state index in [0.717, 1.165) is 25.7 Å². The van der Waals surface area contributed by atoms with Gasteiger partial charge in [0.05, 0.1) is 0 Å². The van der Waals surface area contributed by atoms with E-state index in [1.165, 1.54) is 11.0 Å². The molecule has 0 saturated heterocycles. The first kappa shape index (κ1) is 16.0. The largest absolute Gasteiger partial charge is 0.383 e. The number of anilines is 2. The lowest BCUT2D eigenvalue weighted by molar-refractivity contribution is 0.380. The van der Waals surface area contributed by atoms with Crippen molar-refractivity contribution in [3.8, 4) is 0 Å². The number of hydrogen-bond acceptors (Lipinski definition) is 5. The number of unbranched alkanes of at least 4 members (excludes halogenated alkanes) is 1. The third-order valence-corrected chi connectivity index (χ3v) is 5.68. The molecule has 1 aromatic rings. The minimum atomic E-state index is -0.431. The molecule has 0 bridgehead atoms. The average molecular weight is 312 g/mol. The highest BCUT2D eigenvalue weighted by Gasteiger charge is 2.36. The Hall–Kier alpha value is -1.37. The molecule has 0 spiro atoms. The van der Waals surface area contributed by atoms with Crippen molar-refractivity contribution in [2.45, 2.75) is 50.3 Å². The third kappa shape index (κ3) is 3.28. The molecule has 1 heterocycles. The molecule has 0 unspecified atom stereocenters. The molecule has 1 aliphatic rings. The number of hydrogen-bond donors (Lipinski definition) is 3. The molecular weight excluding hydrogens is 288 g/mol. The van der Waals surface area contributed by atoms with Crippen molar-refractivity contribution in [1.29, 1.82) is 0 Å². The molecule has 1 aromatic heterocycles. The van der Waals surface area contributed by atoms with Gasteiger partial charge in [-0.25, -0.2) is 4.79 Å². The summed E-state index contributed by atoms with van der Waals surface area (Å²) in [4.78, 5) is 26.2. The van der Waals surface area contributed by atoms with Crippen molar-refractivity contribution in [2.75, 3.05) is 23.9 Å². The number of nitrogens with one attached hydrogen (secondary N) is 2. The van der Waals surface area contributed by atoms with Gasteiger partial charge >= 0.3 is 5.69 Å². The zero-order chi connectivity index (χ0) is 15.5. The van der Waals surface area contributed by atoms with Crippen LogP contribution in [0.3, 0.4) is 0 Å². The van der Waals surface area contributed by atoms with Crippen molar-refractivity contribution < 1.29 is 0 Å². The molecule has 1 saturated carbocycles. The van der Waals surface area contributed by atoms with Gasteiger partial charge in [0, 0.05) is 17.8 Å². The Balaban J connectivity index is 2.22. The molecule has 6 nitrogen and oxygen atoms in total. The Morgan fingerprint density at radius 1 is 1.43 bits per heavy atom. The second kappa shape index (κ2) is 6.60. The van der Waals surface area contributed by atoms with E-state index in [1.807, 2.05) is 18.7 Å². The SMILES string of the molecule is CCCCn1c(N)c(NCC2(SC)CCC2)c(=O)[nH]c1=O. The number of nitrogen functional groups attached to an aromatic ring is 1. The lowest BCUT2D eigenvalue weighted by atomic mass is 9.84. The van der Waals surface area contributed by atoms with E-state index in [4.69, 9.17) is 5.73 Å². The van der Waals surface area contributed by atoms with Crippen LogP contribution in [0.15, 0.2) is 9.59 Å². The summed E-state index contributed by atoms with van der Waals surface area (Å²) < 4.78 is 1.64. The molecule has 118 valence electrons. The maximum Gasteiger partial charge on any atom is 0.330 e. The van der Waals surface area contributed by atoms with Crippen LogP contribution in [0, 0.1) is 0 Å². The second-order valence-electron chi connectivity index (χ2n) is 5.62. The Kier molecular flexibility index (Phi) is 5.03. The first-order chi connectivity index (χ1) is 10.0. The molecule has 0 atom stereocenters. The Morgan fingerprint density at radius 3 is 2.67 bits per heavy atom. The number of nitrogens with zero attached hydrogens (tertiary/aromatic N) is 1. The third-order valence-electron chi connectivity index (χ3n) is 4.26. The predicted octanol–water partition coefficient (Wildman–Crippen LogP) is 1.62. The summed E-state index contributed by atoms with van der Waals surface area (Å²) in [6.45, 7) is 3.28. The van der Waals surface area contributed by atoms with Gasteiger partial charge in [-0.1, -0.05) is 19.8 Å². The van der Waals surface area contributed by atoms with Crippen LogP contribution >= 0.6 is 11.8 Å². The van der Waals surface area contributed by atoms with Crippen LogP contribution in [0.4, 0.5) is 11.5 Å². The standard InChI is InChI=1S/C14H24N4O2S/c1-3-4-8-18-11(15)10(12(19)17-13(18)20)16-9-14(21-2)6-5-7-14/h16H,3-9,15H2,1-2H3,(H,17,19,20). The minimum Gasteiger partial charge on any atom is -0.383 e. The topological polar surface area (TPSA) is 92.9 Å². The lowest BCUT2D eigenvalue weighted by Crippen LogP contribution is -2.42. The molecule has 7 heteroatoms. The summed E-state index contributed by atoms with van der Waals surface area (Å²) in [5.41, 5.74) is 5.49. The number of rotatable bonds is 7. The molecule has 4 N–H and O–H groups in total. The molecule has 1 fully saturated rings. The highest BCUT2D eigenvalue weighted by Crippen LogP contribution is 2.42. The molecule has 0 aliphatic heterocycles. The van der Waals surface area contributed by atoms with E-state index in [2.05, 4.69) is 16.6 Å². The van der Waals surface area contributed by atoms with E-state index in [-0.39, 0.29) is 10.6 Å². The fourth-order valence-corrected chi connectivity index (χ4v) is 3.48. The predicted molar refractivity (Wildman–Crippen MR) is 89.2 cm³/mol. The second-order valence-corrected chi connectivity index (χ2v) is 6.89. The van der Waals surface area contributed by atoms with Crippen LogP contribution in [-0.4, -0.2) is 27.1 Å². The molecule has 1 aliphatic carbocycles. The fourth-order valence-electron chi connectivity index (χ4n) is 2.57. The quantitative estimate of drug-likeness (QED) is 0.711. The van der Waals surface area contributed by atoms with Crippen LogP contribution < -0.4 is 22.3 Å². The average Bonchev–Trinajstić information content (AvgIpc) is 2.40. The van der Waals surface area contributed by atoms with Crippen LogP contribution in [0.1, 0.15) is 39.0 Å². The highest BCUT2D eigenvalue weighted by molar-refractivity contribution is 8.00. The first-order valence-electron chi connectivity index (χ1n) is 7.44. The Morgan fingerprint density at radius 2 is 2.14 bits per heavy atom. The number of H-pyrrole nitrogens is 1. The van der Waals surface area contributed by atoms with Gasteiger partial charge in [-0.3, -0.25) is 14.3 Å². The van der Waals surface area contributed by atoms with E-state index < -0.39 is 11.2 Å². The summed E-state index contributed by atoms with van der Waals surface area (Å²) in [5.74, 6) is 0.243. The monoisotopic (exact) mass is 312 g/mol. The van der Waals surface area contributed by atoms with Gasteiger partial charge in [0.25, 0.3) is 5.56 Å². The maximum absolute atomic E-state index is 12.0. The van der Waals surface area contributed by atoms with Gasteiger partial charge in [0.1, 0.15) is 11.5 Å². The van der Waals surface area contributed by atoms with Crippen LogP contribution in [0.25, 0.3) is 0 Å². The molecule has 0 amide bonds. The van der Waals surface area contributed by atoms with Gasteiger partial charge in [-0.15, -0.1) is 0 Å². The first-order valence-corrected chi connectivity index (χ1v) is 8.67. The van der Waals surface area contributed by atoms with Gasteiger partial charge in [-0.05, 0) is 25.5 Å². The van der Waals surface area contributed by atoms with E-state index in [0.29, 0.717) is 18.8 Å². The van der Waals surface area contributed by atoms with Gasteiger partial charge in [-0.2, -0.15) is 11.8 Å². The molecule has 21 heavy (non-hydrogen) atoms. The molecular formula is C14H24N4O2S. The summed E-state index contributed by atoms with van der Waals surface area (Å²) in [7, 11) is 0. The van der Waals surface area contributed by atoms with Crippen molar-refractivity contribution in [2.24, 2.45) is 0 Å². The number of aromatic amines is 1. The van der Waals surface area contributed by atoms with Crippen LogP contribution in [0.2, 0.25) is 0 Å². The van der Waals surface area contributed by atoms with E-state index in [1.54, 1.807) is 0 Å². The van der Waals surface area contributed by atoms with E-state index in [9.17, 15) is 9.59 Å². The number of aromatic nitrogens is 2. The Labute approximate surface area is 128 Å². The smallest absolute Gasteiger partial charge is 0.330 e. The summed E-state index contributed by atoms with van der Waals surface area (Å²) in [6.07, 6.45) is 7.43. The molecule has 2 rings (SSSR count). The molecule has 0 radical (unpaired) electrons. The normalized spacial score (nSPS) is 16.5. The van der Waals surface area contributed by atoms with Gasteiger partial charge in [0.15, 0.2) is 0 Å². The number of nitrogens with two attached hydrogens (primary N) is 1. The summed E-state index contributed by atoms with van der Waals surface area (Å²) >= 11 is 1.83. The van der Waals surface area contributed by atoms with E-state index >= 15 is 0 Å². The fraction of sp³-hybridized carbons (Fsp3) is 0.714. The summed E-state index contributed by atoms with van der Waals surface area (Å²) in [6, 6.07) is 0. The van der Waals surface area contributed by atoms with Gasteiger partial charge < -0.3 is 11.1 Å². The zero-order valence-electron chi connectivity index (χ0n) is 12.7. The molecule has 0 aromatic carbocycles. The van der Waals surface area contributed by atoms with Crippen LogP contribution in [0.5, 0.6) is 0 Å². The minimum absolute atomic E-state index is 0.198. The van der Waals surface area contributed by atoms with Crippen molar-refractivity contribution in [1.82, 2.24) is 9.55 Å². The van der Waals surface area contributed by atoms with Crippen molar-refractivity contribution >= 4 is 23.3 Å². The number of thioether (sulfide) groups is 1. The Bertz CT molecular complexity index is 598. The van der Waals surface area contributed by atoms with Crippen molar-refractivity contribution in [3.63, 3.8) is 0 Å².